The van der Waals surface area contributed by atoms with Crippen molar-refractivity contribution in [3.63, 3.8) is 0 Å². The highest BCUT2D eigenvalue weighted by Gasteiger charge is 2.17. The summed E-state index contributed by atoms with van der Waals surface area (Å²) in [7, 11) is 0. The molecule has 0 aromatic heterocycles. The van der Waals surface area contributed by atoms with Crippen LogP contribution in [0.5, 0.6) is 5.75 Å². The van der Waals surface area contributed by atoms with Gasteiger partial charge in [0.1, 0.15) is 18.2 Å². The molecule has 0 spiro atoms. The van der Waals surface area contributed by atoms with Crippen LogP contribution in [-0.2, 0) is 6.61 Å². The van der Waals surface area contributed by atoms with E-state index in [4.69, 9.17) is 4.74 Å². The molecular formula is C16H13Br2FO2. The fourth-order valence-electron chi connectivity index (χ4n) is 1.78. The van der Waals surface area contributed by atoms with E-state index in [-0.39, 0.29) is 23.0 Å². The van der Waals surface area contributed by atoms with Gasteiger partial charge in [-0.2, -0.15) is 0 Å². The van der Waals surface area contributed by atoms with Crippen LogP contribution in [0.15, 0.2) is 46.9 Å². The molecule has 0 fully saturated rings. The number of Topliss-reactive ketones (excluding diaryl/α,β-unsaturated/α-hetero) is 1. The van der Waals surface area contributed by atoms with Crippen LogP contribution < -0.4 is 4.74 Å². The highest BCUT2D eigenvalue weighted by Crippen LogP contribution is 2.26. The van der Waals surface area contributed by atoms with E-state index in [1.165, 1.54) is 12.1 Å². The Balaban J connectivity index is 2.19. The molecule has 1 atom stereocenters. The normalized spacial score (nSPS) is 12.0. The third kappa shape index (κ3) is 4.38. The van der Waals surface area contributed by atoms with Gasteiger partial charge in [0.2, 0.25) is 0 Å². The average molecular weight is 416 g/mol. The number of ether oxygens (including phenoxy) is 1. The molecule has 21 heavy (non-hydrogen) atoms. The highest BCUT2D eigenvalue weighted by atomic mass is 79.9. The summed E-state index contributed by atoms with van der Waals surface area (Å²) in [5.74, 6) is 0.176. The summed E-state index contributed by atoms with van der Waals surface area (Å²) in [5.41, 5.74) is 1.35. The van der Waals surface area contributed by atoms with E-state index in [9.17, 15) is 9.18 Å². The molecule has 0 amide bonds. The fourth-order valence-corrected chi connectivity index (χ4v) is 2.38. The third-order valence-electron chi connectivity index (χ3n) is 2.88. The van der Waals surface area contributed by atoms with Crippen molar-refractivity contribution < 1.29 is 13.9 Å². The van der Waals surface area contributed by atoms with Crippen LogP contribution in [0, 0.1) is 5.82 Å². The number of halogens is 3. The van der Waals surface area contributed by atoms with Gasteiger partial charge in [0, 0.05) is 4.47 Å². The number of alkyl halides is 1. The van der Waals surface area contributed by atoms with Crippen molar-refractivity contribution in [1.29, 1.82) is 0 Å². The van der Waals surface area contributed by atoms with Gasteiger partial charge in [-0.05, 0) is 42.8 Å². The van der Waals surface area contributed by atoms with Gasteiger partial charge in [-0.1, -0.05) is 44.0 Å². The van der Waals surface area contributed by atoms with Crippen molar-refractivity contribution in [1.82, 2.24) is 0 Å². The quantitative estimate of drug-likeness (QED) is 0.499. The lowest BCUT2D eigenvalue weighted by Gasteiger charge is -2.12. The summed E-state index contributed by atoms with van der Waals surface area (Å²) < 4.78 is 19.4. The minimum Gasteiger partial charge on any atom is -0.488 e. The number of benzene rings is 2. The van der Waals surface area contributed by atoms with Gasteiger partial charge in [0.15, 0.2) is 5.78 Å². The molecule has 2 nitrogen and oxygen atoms in total. The number of hydrogen-bond donors (Lipinski definition) is 0. The van der Waals surface area contributed by atoms with E-state index >= 15 is 0 Å². The first-order valence-electron chi connectivity index (χ1n) is 6.32. The molecule has 0 heterocycles. The van der Waals surface area contributed by atoms with Gasteiger partial charge in [-0.25, -0.2) is 4.39 Å². The average Bonchev–Trinajstić information content (AvgIpc) is 2.46. The van der Waals surface area contributed by atoms with Crippen LogP contribution in [0.4, 0.5) is 4.39 Å². The van der Waals surface area contributed by atoms with Crippen molar-refractivity contribution in [2.45, 2.75) is 18.4 Å². The number of hydrogen-bond acceptors (Lipinski definition) is 2. The van der Waals surface area contributed by atoms with Crippen molar-refractivity contribution >= 4 is 37.6 Å². The Morgan fingerprint density at radius 3 is 2.52 bits per heavy atom. The first kappa shape index (κ1) is 16.2. The number of carbonyl (C=O) groups is 1. The minimum atomic E-state index is -0.292. The molecule has 0 saturated heterocycles. The van der Waals surface area contributed by atoms with E-state index in [1.54, 1.807) is 31.2 Å². The van der Waals surface area contributed by atoms with E-state index in [2.05, 4.69) is 31.9 Å². The van der Waals surface area contributed by atoms with E-state index in [0.29, 0.717) is 11.3 Å². The number of carbonyl (C=O) groups excluding carboxylic acids is 1. The maximum atomic E-state index is 12.9. The van der Waals surface area contributed by atoms with Crippen LogP contribution in [0.2, 0.25) is 0 Å². The molecule has 0 saturated carbocycles. The topological polar surface area (TPSA) is 26.3 Å². The van der Waals surface area contributed by atoms with Gasteiger partial charge >= 0.3 is 0 Å². The van der Waals surface area contributed by atoms with Crippen LogP contribution in [-0.4, -0.2) is 10.6 Å². The maximum Gasteiger partial charge on any atom is 0.179 e. The smallest absolute Gasteiger partial charge is 0.179 e. The predicted molar refractivity (Wildman–Crippen MR) is 87.6 cm³/mol. The van der Waals surface area contributed by atoms with Crippen LogP contribution in [0.1, 0.15) is 22.8 Å². The van der Waals surface area contributed by atoms with Gasteiger partial charge < -0.3 is 4.74 Å². The van der Waals surface area contributed by atoms with Crippen LogP contribution in [0.3, 0.4) is 0 Å². The first-order chi connectivity index (χ1) is 9.97. The lowest BCUT2D eigenvalue weighted by Crippen LogP contribution is -2.12. The summed E-state index contributed by atoms with van der Waals surface area (Å²) in [6.45, 7) is 2.05. The summed E-state index contributed by atoms with van der Waals surface area (Å²) >= 11 is 6.63. The summed E-state index contributed by atoms with van der Waals surface area (Å²) in [5, 5.41) is 0. The molecule has 5 heteroatoms. The summed E-state index contributed by atoms with van der Waals surface area (Å²) in [4.78, 5) is 11.9. The van der Waals surface area contributed by atoms with Crippen molar-refractivity contribution in [2.24, 2.45) is 0 Å². The number of ketones is 1. The fraction of sp³-hybridized carbons (Fsp3) is 0.188. The second-order valence-corrected chi connectivity index (χ2v) is 6.83. The van der Waals surface area contributed by atoms with E-state index in [1.807, 2.05) is 6.07 Å². The first-order valence-corrected chi connectivity index (χ1v) is 8.03. The molecular weight excluding hydrogens is 403 g/mol. The molecule has 2 rings (SSSR count). The molecule has 0 aliphatic heterocycles. The van der Waals surface area contributed by atoms with Crippen molar-refractivity contribution in [3.8, 4) is 5.75 Å². The molecule has 0 aliphatic carbocycles. The Morgan fingerprint density at radius 1 is 1.24 bits per heavy atom. The van der Waals surface area contributed by atoms with Gasteiger partial charge in [-0.3, -0.25) is 4.79 Å². The number of rotatable bonds is 5. The second kappa shape index (κ2) is 7.18. The van der Waals surface area contributed by atoms with Crippen molar-refractivity contribution in [3.05, 3.63) is 63.9 Å². The molecule has 0 aliphatic rings. The molecule has 0 radical (unpaired) electrons. The van der Waals surface area contributed by atoms with E-state index in [0.717, 1.165) is 10.0 Å². The van der Waals surface area contributed by atoms with Gasteiger partial charge in [-0.15, -0.1) is 0 Å². The Morgan fingerprint density at radius 2 is 1.90 bits per heavy atom. The second-order valence-electron chi connectivity index (χ2n) is 4.54. The molecule has 1 unspecified atom stereocenters. The highest BCUT2D eigenvalue weighted by molar-refractivity contribution is 9.10. The standard InChI is InChI=1S/C16H13Br2FO2/c1-10(17)16(20)14-8-12(18)4-7-15(14)21-9-11-2-5-13(19)6-3-11/h2-8,10H,9H2,1H3. The van der Waals surface area contributed by atoms with Crippen molar-refractivity contribution in [2.75, 3.05) is 0 Å². The van der Waals surface area contributed by atoms with Crippen LogP contribution in [0.25, 0.3) is 0 Å². The largest absolute Gasteiger partial charge is 0.488 e. The molecule has 2 aromatic carbocycles. The predicted octanol–water partition coefficient (Wildman–Crippen LogP) is 5.13. The monoisotopic (exact) mass is 414 g/mol. The lowest BCUT2D eigenvalue weighted by molar-refractivity contribution is 0.0991. The lowest BCUT2D eigenvalue weighted by atomic mass is 10.1. The molecule has 0 bridgehead atoms. The summed E-state index contributed by atoms with van der Waals surface area (Å²) in [6, 6.07) is 11.4. The van der Waals surface area contributed by atoms with Crippen LogP contribution >= 0.6 is 31.9 Å². The molecule has 2 aromatic rings. The maximum absolute atomic E-state index is 12.9. The Bertz CT molecular complexity index is 639. The zero-order valence-electron chi connectivity index (χ0n) is 11.3. The van der Waals surface area contributed by atoms with E-state index < -0.39 is 0 Å². The zero-order valence-corrected chi connectivity index (χ0v) is 14.4. The Kier molecular flexibility index (Phi) is 5.53. The molecule has 0 N–H and O–H groups in total. The zero-order chi connectivity index (χ0) is 15.4. The minimum absolute atomic E-state index is 0.0505. The Labute approximate surface area is 139 Å². The summed E-state index contributed by atoms with van der Waals surface area (Å²) in [6.07, 6.45) is 0. The van der Waals surface area contributed by atoms with Gasteiger partial charge in [0.05, 0.1) is 10.4 Å². The van der Waals surface area contributed by atoms with Gasteiger partial charge in [0.25, 0.3) is 0 Å². The SMILES string of the molecule is CC(Br)C(=O)c1cc(Br)ccc1OCc1ccc(F)cc1. The third-order valence-corrected chi connectivity index (χ3v) is 3.79. The Hall–Kier alpha value is -1.20. The molecule has 110 valence electrons.